The number of aromatic nitrogens is 1. The molecule has 1 saturated carbocycles. The van der Waals surface area contributed by atoms with Gasteiger partial charge in [-0.2, -0.15) is 0 Å². The van der Waals surface area contributed by atoms with E-state index in [1.165, 1.54) is 12.8 Å². The number of rotatable bonds is 3. The Balaban J connectivity index is 1.93. The number of hydrogen-bond donors (Lipinski definition) is 1. The average Bonchev–Trinajstić information content (AvgIpc) is 2.40. The SMILES string of the molecule is CC1CCCC(N(C)C(=O)Cc2ccc(N)cn2)C1. The van der Waals surface area contributed by atoms with Gasteiger partial charge < -0.3 is 10.6 Å². The third kappa shape index (κ3) is 3.69. The lowest BCUT2D eigenvalue weighted by molar-refractivity contribution is -0.132. The predicted molar refractivity (Wildman–Crippen MR) is 76.5 cm³/mol. The summed E-state index contributed by atoms with van der Waals surface area (Å²) in [4.78, 5) is 18.4. The first-order valence-electron chi connectivity index (χ1n) is 7.02. The van der Waals surface area contributed by atoms with Crippen LogP contribution in [0, 0.1) is 5.92 Å². The summed E-state index contributed by atoms with van der Waals surface area (Å²) < 4.78 is 0. The monoisotopic (exact) mass is 261 g/mol. The van der Waals surface area contributed by atoms with Crippen LogP contribution < -0.4 is 5.73 Å². The summed E-state index contributed by atoms with van der Waals surface area (Å²) in [5.41, 5.74) is 7.01. The van der Waals surface area contributed by atoms with Gasteiger partial charge in [0, 0.05) is 18.8 Å². The summed E-state index contributed by atoms with van der Waals surface area (Å²) in [6.45, 7) is 2.27. The first-order chi connectivity index (χ1) is 9.06. The van der Waals surface area contributed by atoms with Gasteiger partial charge in [-0.15, -0.1) is 0 Å². The van der Waals surface area contributed by atoms with Crippen LogP contribution in [0.25, 0.3) is 0 Å². The smallest absolute Gasteiger partial charge is 0.228 e. The van der Waals surface area contributed by atoms with Crippen molar-refractivity contribution in [2.75, 3.05) is 12.8 Å². The molecule has 2 rings (SSSR count). The molecule has 0 aromatic carbocycles. The maximum Gasteiger partial charge on any atom is 0.228 e. The molecule has 0 spiro atoms. The summed E-state index contributed by atoms with van der Waals surface area (Å²) >= 11 is 0. The Labute approximate surface area is 115 Å². The molecule has 0 aliphatic heterocycles. The van der Waals surface area contributed by atoms with Gasteiger partial charge in [0.05, 0.1) is 18.3 Å². The van der Waals surface area contributed by atoms with E-state index in [9.17, 15) is 4.79 Å². The molecule has 1 aliphatic carbocycles. The zero-order chi connectivity index (χ0) is 13.8. The quantitative estimate of drug-likeness (QED) is 0.907. The fraction of sp³-hybridized carbons (Fsp3) is 0.600. The van der Waals surface area contributed by atoms with Gasteiger partial charge in [0.1, 0.15) is 0 Å². The minimum atomic E-state index is 0.149. The lowest BCUT2D eigenvalue weighted by Gasteiger charge is -2.34. The largest absolute Gasteiger partial charge is 0.397 e. The number of carbonyl (C=O) groups excluding carboxylic acids is 1. The van der Waals surface area contributed by atoms with Gasteiger partial charge >= 0.3 is 0 Å². The van der Waals surface area contributed by atoms with E-state index in [0.717, 1.165) is 24.5 Å². The van der Waals surface area contributed by atoms with Crippen molar-refractivity contribution in [2.45, 2.75) is 45.1 Å². The molecule has 1 amide bonds. The van der Waals surface area contributed by atoms with E-state index >= 15 is 0 Å². The number of nitrogens with two attached hydrogens (primary N) is 1. The standard InChI is InChI=1S/C15H23N3O/c1-11-4-3-5-14(8-11)18(2)15(19)9-13-7-6-12(16)10-17-13/h6-7,10-11,14H,3-5,8-9,16H2,1-2H3. The highest BCUT2D eigenvalue weighted by Gasteiger charge is 2.25. The molecule has 0 saturated heterocycles. The normalized spacial score (nSPS) is 23.1. The van der Waals surface area contributed by atoms with E-state index in [-0.39, 0.29) is 5.91 Å². The topological polar surface area (TPSA) is 59.2 Å². The van der Waals surface area contributed by atoms with Crippen LogP contribution in [0.1, 0.15) is 38.3 Å². The molecule has 1 heterocycles. The molecule has 1 aromatic heterocycles. The second-order valence-corrected chi connectivity index (χ2v) is 5.69. The van der Waals surface area contributed by atoms with Gasteiger partial charge in [0.25, 0.3) is 0 Å². The molecule has 2 N–H and O–H groups in total. The third-order valence-corrected chi connectivity index (χ3v) is 4.03. The van der Waals surface area contributed by atoms with E-state index in [1.807, 2.05) is 18.0 Å². The Bertz CT molecular complexity index is 430. The first kappa shape index (κ1) is 13.8. The molecule has 1 fully saturated rings. The number of likely N-dealkylation sites (N-methyl/N-ethyl adjacent to an activating group) is 1. The van der Waals surface area contributed by atoms with E-state index in [0.29, 0.717) is 18.2 Å². The minimum absolute atomic E-state index is 0.149. The van der Waals surface area contributed by atoms with E-state index in [1.54, 1.807) is 12.3 Å². The van der Waals surface area contributed by atoms with Crippen LogP contribution in [0.4, 0.5) is 5.69 Å². The first-order valence-corrected chi connectivity index (χ1v) is 7.02. The molecule has 0 radical (unpaired) electrons. The van der Waals surface area contributed by atoms with Crippen LogP contribution in [0.15, 0.2) is 18.3 Å². The molecule has 4 nitrogen and oxygen atoms in total. The molecule has 1 aliphatic rings. The summed E-state index contributed by atoms with van der Waals surface area (Å²) in [5.74, 6) is 0.875. The molecular formula is C15H23N3O. The van der Waals surface area contributed by atoms with Crippen molar-refractivity contribution in [2.24, 2.45) is 5.92 Å². The zero-order valence-corrected chi connectivity index (χ0v) is 11.8. The maximum absolute atomic E-state index is 12.3. The van der Waals surface area contributed by atoms with Gasteiger partial charge in [-0.25, -0.2) is 0 Å². The molecule has 19 heavy (non-hydrogen) atoms. The van der Waals surface area contributed by atoms with E-state index in [2.05, 4.69) is 11.9 Å². The van der Waals surface area contributed by atoms with Crippen molar-refractivity contribution >= 4 is 11.6 Å². The van der Waals surface area contributed by atoms with Gasteiger partial charge in [0.15, 0.2) is 0 Å². The maximum atomic E-state index is 12.3. The minimum Gasteiger partial charge on any atom is -0.397 e. The molecule has 0 bridgehead atoms. The second kappa shape index (κ2) is 6.04. The van der Waals surface area contributed by atoms with Crippen LogP contribution >= 0.6 is 0 Å². The number of nitrogens with zero attached hydrogens (tertiary/aromatic N) is 2. The molecule has 2 unspecified atom stereocenters. The van der Waals surface area contributed by atoms with E-state index in [4.69, 9.17) is 5.73 Å². The lowest BCUT2D eigenvalue weighted by Crippen LogP contribution is -2.40. The molecule has 4 heteroatoms. The predicted octanol–water partition coefficient (Wildman–Crippen LogP) is 2.24. The summed E-state index contributed by atoms with van der Waals surface area (Å²) in [6.07, 6.45) is 6.73. The second-order valence-electron chi connectivity index (χ2n) is 5.69. The Morgan fingerprint density at radius 3 is 2.89 bits per heavy atom. The van der Waals surface area contributed by atoms with Gasteiger partial charge in [-0.1, -0.05) is 19.8 Å². The van der Waals surface area contributed by atoms with Crippen molar-refractivity contribution in [3.8, 4) is 0 Å². The highest BCUT2D eigenvalue weighted by molar-refractivity contribution is 5.78. The van der Waals surface area contributed by atoms with Crippen LogP contribution in [-0.4, -0.2) is 28.9 Å². The molecule has 1 aromatic rings. The number of anilines is 1. The average molecular weight is 261 g/mol. The number of pyridine rings is 1. The Hall–Kier alpha value is -1.58. The Kier molecular flexibility index (Phi) is 4.40. The molecule has 2 atom stereocenters. The van der Waals surface area contributed by atoms with Gasteiger partial charge in [-0.3, -0.25) is 9.78 Å². The Morgan fingerprint density at radius 1 is 1.47 bits per heavy atom. The van der Waals surface area contributed by atoms with Gasteiger partial charge in [0.2, 0.25) is 5.91 Å². The highest BCUT2D eigenvalue weighted by atomic mass is 16.2. The lowest BCUT2D eigenvalue weighted by atomic mass is 9.86. The molecular weight excluding hydrogens is 238 g/mol. The number of amides is 1. The van der Waals surface area contributed by atoms with Crippen molar-refractivity contribution < 1.29 is 4.79 Å². The van der Waals surface area contributed by atoms with Crippen molar-refractivity contribution in [1.82, 2.24) is 9.88 Å². The molecule has 104 valence electrons. The van der Waals surface area contributed by atoms with Crippen molar-refractivity contribution in [3.63, 3.8) is 0 Å². The summed E-state index contributed by atoms with van der Waals surface area (Å²) in [7, 11) is 1.92. The van der Waals surface area contributed by atoms with Crippen LogP contribution in [-0.2, 0) is 11.2 Å². The highest BCUT2D eigenvalue weighted by Crippen LogP contribution is 2.26. The summed E-state index contributed by atoms with van der Waals surface area (Å²) in [6, 6.07) is 4.01. The fourth-order valence-electron chi connectivity index (χ4n) is 2.78. The van der Waals surface area contributed by atoms with Crippen molar-refractivity contribution in [1.29, 1.82) is 0 Å². The third-order valence-electron chi connectivity index (χ3n) is 4.03. The Morgan fingerprint density at radius 2 is 2.26 bits per heavy atom. The van der Waals surface area contributed by atoms with Crippen LogP contribution in [0.5, 0.6) is 0 Å². The van der Waals surface area contributed by atoms with Crippen molar-refractivity contribution in [3.05, 3.63) is 24.0 Å². The number of carbonyl (C=O) groups is 1. The van der Waals surface area contributed by atoms with Gasteiger partial charge in [-0.05, 0) is 30.9 Å². The fourth-order valence-corrected chi connectivity index (χ4v) is 2.78. The number of nitrogen functional groups attached to an aromatic ring is 1. The zero-order valence-electron chi connectivity index (χ0n) is 11.8. The van der Waals surface area contributed by atoms with E-state index < -0.39 is 0 Å². The van der Waals surface area contributed by atoms with Crippen LogP contribution in [0.2, 0.25) is 0 Å². The number of hydrogen-bond acceptors (Lipinski definition) is 3. The van der Waals surface area contributed by atoms with Crippen LogP contribution in [0.3, 0.4) is 0 Å². The summed E-state index contributed by atoms with van der Waals surface area (Å²) in [5, 5.41) is 0.